The number of aromatic nitrogens is 4. The molecule has 4 aromatic rings. The fraction of sp³-hybridized carbons (Fsp3) is 0.150. The van der Waals surface area contributed by atoms with Gasteiger partial charge in [-0.05, 0) is 36.8 Å². The predicted octanol–water partition coefficient (Wildman–Crippen LogP) is 2.87. The van der Waals surface area contributed by atoms with Crippen molar-refractivity contribution >= 4 is 32.5 Å². The molecule has 0 amide bonds. The van der Waals surface area contributed by atoms with Crippen LogP contribution in [-0.4, -0.2) is 40.2 Å². The van der Waals surface area contributed by atoms with E-state index >= 15 is 0 Å². The van der Waals surface area contributed by atoms with Gasteiger partial charge in [-0.2, -0.15) is 5.10 Å². The van der Waals surface area contributed by atoms with E-state index in [1.807, 2.05) is 19.1 Å². The molecule has 3 aromatic heterocycles. The number of fused-ring (bicyclic) bond motifs is 1. The first-order valence-corrected chi connectivity index (χ1v) is 10.7. The van der Waals surface area contributed by atoms with Crippen LogP contribution in [0.3, 0.4) is 0 Å². The van der Waals surface area contributed by atoms with Gasteiger partial charge in [0.25, 0.3) is 0 Å². The van der Waals surface area contributed by atoms with Crippen molar-refractivity contribution in [2.75, 3.05) is 11.0 Å². The van der Waals surface area contributed by atoms with Gasteiger partial charge >= 0.3 is 0 Å². The number of aryl methyl sites for hydroxylation is 2. The Morgan fingerprint density at radius 1 is 1.17 bits per heavy atom. The molecular weight excluding hydrogens is 390 g/mol. The summed E-state index contributed by atoms with van der Waals surface area (Å²) in [7, 11) is -1.64. The van der Waals surface area contributed by atoms with Gasteiger partial charge in [0.15, 0.2) is 0 Å². The number of rotatable bonds is 5. The Morgan fingerprint density at radius 3 is 2.66 bits per heavy atom. The van der Waals surface area contributed by atoms with Gasteiger partial charge < -0.3 is 4.98 Å². The van der Waals surface area contributed by atoms with E-state index in [4.69, 9.17) is 0 Å². The predicted molar refractivity (Wildman–Crippen MR) is 111 cm³/mol. The molecule has 3 heterocycles. The molecule has 0 bridgehead atoms. The molecule has 148 valence electrons. The maximum Gasteiger partial charge on any atom is 0.229 e. The molecule has 0 saturated carbocycles. The number of sulfonamides is 1. The first-order chi connectivity index (χ1) is 13.7. The number of benzene rings is 1. The molecule has 4 rings (SSSR count). The van der Waals surface area contributed by atoms with E-state index in [9.17, 15) is 13.2 Å². The van der Waals surface area contributed by atoms with Crippen LogP contribution in [0.1, 0.15) is 21.7 Å². The Balaban J connectivity index is 1.77. The lowest BCUT2D eigenvalue weighted by molar-refractivity contribution is 0.103. The average molecular weight is 409 g/mol. The number of carbonyl (C=O) groups is 1. The van der Waals surface area contributed by atoms with E-state index in [1.54, 1.807) is 48.4 Å². The van der Waals surface area contributed by atoms with Crippen molar-refractivity contribution in [3.8, 4) is 11.1 Å². The summed E-state index contributed by atoms with van der Waals surface area (Å²) in [5.41, 5.74) is 4.37. The molecule has 2 N–H and O–H groups in total. The molecule has 0 atom stereocenters. The van der Waals surface area contributed by atoms with Crippen molar-refractivity contribution < 1.29 is 13.2 Å². The topological polar surface area (TPSA) is 110 Å². The minimum absolute atomic E-state index is 0.147. The molecule has 0 aliphatic carbocycles. The largest absolute Gasteiger partial charge is 0.345 e. The van der Waals surface area contributed by atoms with Crippen molar-refractivity contribution in [2.24, 2.45) is 7.05 Å². The molecule has 8 nitrogen and oxygen atoms in total. The summed E-state index contributed by atoms with van der Waals surface area (Å²) in [6.07, 6.45) is 4.43. The lowest BCUT2D eigenvalue weighted by Gasteiger charge is -2.07. The highest BCUT2D eigenvalue weighted by atomic mass is 32.2. The molecule has 0 radical (unpaired) electrons. The van der Waals surface area contributed by atoms with Gasteiger partial charge in [-0.15, -0.1) is 0 Å². The molecule has 29 heavy (non-hydrogen) atoms. The van der Waals surface area contributed by atoms with E-state index in [2.05, 4.69) is 19.8 Å². The number of carbonyl (C=O) groups excluding carboxylic acids is 1. The Morgan fingerprint density at radius 2 is 1.97 bits per heavy atom. The number of aromatic amines is 1. The first kappa shape index (κ1) is 18.9. The van der Waals surface area contributed by atoms with Crippen LogP contribution in [0.5, 0.6) is 0 Å². The van der Waals surface area contributed by atoms with Crippen LogP contribution in [0, 0.1) is 6.92 Å². The van der Waals surface area contributed by atoms with Gasteiger partial charge in [0.2, 0.25) is 15.8 Å². The monoisotopic (exact) mass is 409 g/mol. The highest BCUT2D eigenvalue weighted by Crippen LogP contribution is 2.28. The summed E-state index contributed by atoms with van der Waals surface area (Å²) in [6.45, 7) is 1.84. The van der Waals surface area contributed by atoms with Crippen molar-refractivity contribution in [3.63, 3.8) is 0 Å². The fourth-order valence-corrected chi connectivity index (χ4v) is 3.84. The molecule has 0 aliphatic rings. The van der Waals surface area contributed by atoms with Gasteiger partial charge in [-0.25, -0.2) is 13.4 Å². The van der Waals surface area contributed by atoms with Crippen molar-refractivity contribution in [1.82, 2.24) is 19.7 Å². The molecule has 0 spiro atoms. The second-order valence-corrected chi connectivity index (χ2v) is 8.65. The van der Waals surface area contributed by atoms with E-state index in [0.717, 1.165) is 23.1 Å². The summed E-state index contributed by atoms with van der Waals surface area (Å²) in [4.78, 5) is 20.5. The van der Waals surface area contributed by atoms with E-state index in [-0.39, 0.29) is 5.78 Å². The maximum atomic E-state index is 13.0. The molecular formula is C20H19N5O3S. The van der Waals surface area contributed by atoms with Crippen LogP contribution in [0.2, 0.25) is 0 Å². The third-order valence-electron chi connectivity index (χ3n) is 4.51. The SMILES string of the molecule is Cc1cc(C(=O)c2c[nH]c3ncc(-c4cccc(NS(C)(=O)=O)c4)cc23)n(C)n1. The summed E-state index contributed by atoms with van der Waals surface area (Å²) in [5.74, 6) is -0.147. The molecule has 0 unspecified atom stereocenters. The van der Waals surface area contributed by atoms with Gasteiger partial charge in [0, 0.05) is 36.1 Å². The minimum atomic E-state index is -3.38. The Bertz CT molecular complexity index is 1350. The zero-order valence-electron chi connectivity index (χ0n) is 16.1. The number of H-pyrrole nitrogens is 1. The van der Waals surface area contributed by atoms with Gasteiger partial charge in [0.1, 0.15) is 11.3 Å². The van der Waals surface area contributed by atoms with Gasteiger partial charge in [-0.1, -0.05) is 12.1 Å². The van der Waals surface area contributed by atoms with E-state index in [0.29, 0.717) is 28.0 Å². The zero-order valence-corrected chi connectivity index (χ0v) is 16.9. The maximum absolute atomic E-state index is 13.0. The average Bonchev–Trinajstić information content (AvgIpc) is 3.22. The Hall–Kier alpha value is -3.46. The number of hydrogen-bond donors (Lipinski definition) is 2. The lowest BCUT2D eigenvalue weighted by Crippen LogP contribution is -2.09. The van der Waals surface area contributed by atoms with Crippen LogP contribution in [0.25, 0.3) is 22.2 Å². The number of nitrogens with one attached hydrogen (secondary N) is 2. The van der Waals surface area contributed by atoms with Gasteiger partial charge in [-0.3, -0.25) is 14.2 Å². The molecule has 0 aliphatic heterocycles. The third-order valence-corrected chi connectivity index (χ3v) is 5.12. The third kappa shape index (κ3) is 3.77. The standard InChI is InChI=1S/C20H19N5O3S/c1-12-7-18(25(2)23-12)19(26)17-11-22-20-16(17)9-14(10-21-20)13-5-4-6-15(8-13)24-29(3,27)28/h4-11,24H,1-3H3,(H,21,22). The normalized spacial score (nSPS) is 11.7. The highest BCUT2D eigenvalue weighted by molar-refractivity contribution is 7.92. The van der Waals surface area contributed by atoms with Crippen LogP contribution in [0.15, 0.2) is 48.8 Å². The number of hydrogen-bond acceptors (Lipinski definition) is 5. The fourth-order valence-electron chi connectivity index (χ4n) is 3.29. The highest BCUT2D eigenvalue weighted by Gasteiger charge is 2.19. The van der Waals surface area contributed by atoms with Crippen LogP contribution in [0.4, 0.5) is 5.69 Å². The minimum Gasteiger partial charge on any atom is -0.345 e. The summed E-state index contributed by atoms with van der Waals surface area (Å²) < 4.78 is 27.0. The number of anilines is 1. The van der Waals surface area contributed by atoms with Crippen molar-refractivity contribution in [3.05, 3.63) is 65.7 Å². The van der Waals surface area contributed by atoms with Crippen LogP contribution >= 0.6 is 0 Å². The van der Waals surface area contributed by atoms with Crippen LogP contribution in [-0.2, 0) is 17.1 Å². The number of pyridine rings is 1. The summed E-state index contributed by atoms with van der Waals surface area (Å²) in [5, 5.41) is 4.93. The molecule has 9 heteroatoms. The second kappa shape index (κ2) is 6.85. The smallest absolute Gasteiger partial charge is 0.229 e. The quantitative estimate of drug-likeness (QED) is 0.493. The van der Waals surface area contributed by atoms with Crippen molar-refractivity contribution in [2.45, 2.75) is 6.92 Å². The lowest BCUT2D eigenvalue weighted by atomic mass is 10.0. The van der Waals surface area contributed by atoms with Gasteiger partial charge in [0.05, 0.1) is 17.5 Å². The molecule has 0 saturated heterocycles. The van der Waals surface area contributed by atoms with Crippen LogP contribution < -0.4 is 4.72 Å². The molecule has 0 fully saturated rings. The van der Waals surface area contributed by atoms with E-state index < -0.39 is 10.0 Å². The zero-order chi connectivity index (χ0) is 20.8. The van der Waals surface area contributed by atoms with Crippen molar-refractivity contribution in [1.29, 1.82) is 0 Å². The Kier molecular flexibility index (Phi) is 4.46. The number of ketones is 1. The summed E-state index contributed by atoms with van der Waals surface area (Å²) in [6, 6.07) is 10.6. The molecule has 1 aromatic carbocycles. The second-order valence-electron chi connectivity index (χ2n) is 6.90. The summed E-state index contributed by atoms with van der Waals surface area (Å²) >= 11 is 0. The first-order valence-electron chi connectivity index (χ1n) is 8.82. The Labute approximate surface area is 167 Å². The number of nitrogens with zero attached hydrogens (tertiary/aromatic N) is 3. The van der Waals surface area contributed by atoms with E-state index in [1.165, 1.54) is 0 Å².